The fourth-order valence-corrected chi connectivity index (χ4v) is 5.43. The predicted octanol–water partition coefficient (Wildman–Crippen LogP) is 2.72. The van der Waals surface area contributed by atoms with E-state index in [1.165, 1.54) is 21.3 Å². The zero-order valence-electron chi connectivity index (χ0n) is 13.5. The average Bonchev–Trinajstić information content (AvgIpc) is 3.04. The Labute approximate surface area is 154 Å². The SMILES string of the molecule is O=C(C1CCN(S(=O)(=O)c2cccc(Br)c2)C1)N1CCCC(F)(F)C1. The number of amides is 1. The molecule has 2 aliphatic heterocycles. The van der Waals surface area contributed by atoms with Gasteiger partial charge in [0.25, 0.3) is 5.92 Å². The van der Waals surface area contributed by atoms with Crippen LogP contribution in [-0.4, -0.2) is 55.6 Å². The lowest BCUT2D eigenvalue weighted by atomic mass is 10.0. The Morgan fingerprint density at radius 1 is 1.28 bits per heavy atom. The first kappa shape index (κ1) is 18.7. The summed E-state index contributed by atoms with van der Waals surface area (Å²) in [6.07, 6.45) is 0.421. The molecule has 9 heteroatoms. The van der Waals surface area contributed by atoms with E-state index in [9.17, 15) is 22.0 Å². The van der Waals surface area contributed by atoms with Gasteiger partial charge >= 0.3 is 0 Å². The number of carbonyl (C=O) groups is 1. The van der Waals surface area contributed by atoms with Gasteiger partial charge in [0.2, 0.25) is 15.9 Å². The third kappa shape index (κ3) is 4.03. The van der Waals surface area contributed by atoms with Crippen LogP contribution in [0.2, 0.25) is 0 Å². The van der Waals surface area contributed by atoms with Gasteiger partial charge in [0.05, 0.1) is 17.4 Å². The molecule has 0 spiro atoms. The highest BCUT2D eigenvalue weighted by atomic mass is 79.9. The molecule has 1 atom stereocenters. The van der Waals surface area contributed by atoms with E-state index in [1.54, 1.807) is 12.1 Å². The van der Waals surface area contributed by atoms with Crippen LogP contribution in [0.5, 0.6) is 0 Å². The van der Waals surface area contributed by atoms with Crippen molar-refractivity contribution in [3.63, 3.8) is 0 Å². The molecule has 138 valence electrons. The lowest BCUT2D eigenvalue weighted by Crippen LogP contribution is -2.48. The molecule has 1 unspecified atom stereocenters. The van der Waals surface area contributed by atoms with Crippen LogP contribution in [0.3, 0.4) is 0 Å². The van der Waals surface area contributed by atoms with Gasteiger partial charge in [-0.3, -0.25) is 4.79 Å². The van der Waals surface area contributed by atoms with Gasteiger partial charge in [0.1, 0.15) is 0 Å². The highest BCUT2D eigenvalue weighted by molar-refractivity contribution is 9.10. The van der Waals surface area contributed by atoms with E-state index in [0.717, 1.165) is 0 Å². The minimum absolute atomic E-state index is 0.0375. The zero-order valence-corrected chi connectivity index (χ0v) is 15.9. The van der Waals surface area contributed by atoms with E-state index >= 15 is 0 Å². The summed E-state index contributed by atoms with van der Waals surface area (Å²) in [7, 11) is -3.70. The average molecular weight is 437 g/mol. The molecule has 1 aromatic rings. The Hall–Kier alpha value is -1.06. The molecule has 1 amide bonds. The Bertz CT molecular complexity index is 772. The third-order valence-corrected chi connectivity index (χ3v) is 6.99. The summed E-state index contributed by atoms with van der Waals surface area (Å²) in [5.41, 5.74) is 0. The molecule has 0 aromatic heterocycles. The van der Waals surface area contributed by atoms with E-state index in [1.807, 2.05) is 0 Å². The summed E-state index contributed by atoms with van der Waals surface area (Å²) in [6, 6.07) is 6.37. The van der Waals surface area contributed by atoms with Gasteiger partial charge in [-0.15, -0.1) is 0 Å². The molecular weight excluding hydrogens is 418 g/mol. The highest BCUT2D eigenvalue weighted by Crippen LogP contribution is 2.31. The third-order valence-electron chi connectivity index (χ3n) is 4.64. The van der Waals surface area contributed by atoms with Crippen molar-refractivity contribution in [2.75, 3.05) is 26.2 Å². The highest BCUT2D eigenvalue weighted by Gasteiger charge is 2.42. The van der Waals surface area contributed by atoms with E-state index in [-0.39, 0.29) is 36.7 Å². The fraction of sp³-hybridized carbons (Fsp3) is 0.562. The molecular formula is C16H19BrF2N2O3S. The Morgan fingerprint density at radius 2 is 2.04 bits per heavy atom. The van der Waals surface area contributed by atoms with Gasteiger partial charge in [0.15, 0.2) is 0 Å². The molecule has 0 aliphatic carbocycles. The number of alkyl halides is 2. The number of rotatable bonds is 3. The summed E-state index contributed by atoms with van der Waals surface area (Å²) in [5, 5.41) is 0. The number of carbonyl (C=O) groups excluding carboxylic acids is 1. The number of likely N-dealkylation sites (tertiary alicyclic amines) is 1. The van der Waals surface area contributed by atoms with Crippen molar-refractivity contribution in [2.45, 2.75) is 30.1 Å². The van der Waals surface area contributed by atoms with Gasteiger partial charge in [0, 0.05) is 30.5 Å². The summed E-state index contributed by atoms with van der Waals surface area (Å²) in [4.78, 5) is 13.9. The molecule has 2 fully saturated rings. The number of hydrogen-bond donors (Lipinski definition) is 0. The van der Waals surface area contributed by atoms with E-state index < -0.39 is 28.4 Å². The van der Waals surface area contributed by atoms with Crippen molar-refractivity contribution in [1.29, 1.82) is 0 Å². The maximum Gasteiger partial charge on any atom is 0.265 e. The monoisotopic (exact) mass is 436 g/mol. The smallest absolute Gasteiger partial charge is 0.265 e. The van der Waals surface area contributed by atoms with E-state index in [2.05, 4.69) is 15.9 Å². The molecule has 2 aliphatic rings. The summed E-state index contributed by atoms with van der Waals surface area (Å²) in [6.45, 7) is -0.00470. The summed E-state index contributed by atoms with van der Waals surface area (Å²) < 4.78 is 54.3. The molecule has 0 saturated carbocycles. The van der Waals surface area contributed by atoms with Crippen molar-refractivity contribution < 1.29 is 22.0 Å². The molecule has 25 heavy (non-hydrogen) atoms. The van der Waals surface area contributed by atoms with Crippen molar-refractivity contribution in [2.24, 2.45) is 5.92 Å². The van der Waals surface area contributed by atoms with Crippen molar-refractivity contribution in [1.82, 2.24) is 9.21 Å². The second-order valence-electron chi connectivity index (χ2n) is 6.53. The summed E-state index contributed by atoms with van der Waals surface area (Å²) >= 11 is 3.25. The second-order valence-corrected chi connectivity index (χ2v) is 9.38. The summed E-state index contributed by atoms with van der Waals surface area (Å²) in [5.74, 6) is -3.78. The number of piperidine rings is 1. The lowest BCUT2D eigenvalue weighted by molar-refractivity contribution is -0.145. The lowest BCUT2D eigenvalue weighted by Gasteiger charge is -2.34. The Morgan fingerprint density at radius 3 is 2.72 bits per heavy atom. The Balaban J connectivity index is 1.70. The van der Waals surface area contributed by atoms with Crippen LogP contribution in [-0.2, 0) is 14.8 Å². The quantitative estimate of drug-likeness (QED) is 0.731. The van der Waals surface area contributed by atoms with Crippen LogP contribution in [0.15, 0.2) is 33.6 Å². The number of benzene rings is 1. The first-order chi connectivity index (χ1) is 11.7. The van der Waals surface area contributed by atoms with Crippen LogP contribution in [0.1, 0.15) is 19.3 Å². The second kappa shape index (κ2) is 6.92. The standard InChI is InChI=1S/C16H19BrF2N2O3S/c17-13-3-1-4-14(9-13)25(23,24)21-8-5-12(10-21)15(22)20-7-2-6-16(18,19)11-20/h1,3-4,9,12H,2,5-8,10-11H2. The Kier molecular flexibility index (Phi) is 5.18. The molecule has 0 N–H and O–H groups in total. The van der Waals surface area contributed by atoms with Crippen molar-refractivity contribution in [3.8, 4) is 0 Å². The van der Waals surface area contributed by atoms with Gasteiger partial charge in [-0.25, -0.2) is 17.2 Å². The predicted molar refractivity (Wildman–Crippen MR) is 91.8 cm³/mol. The largest absolute Gasteiger partial charge is 0.336 e. The number of sulfonamides is 1. The molecule has 3 rings (SSSR count). The van der Waals surface area contributed by atoms with Gasteiger partial charge in [-0.2, -0.15) is 4.31 Å². The van der Waals surface area contributed by atoms with Crippen molar-refractivity contribution in [3.05, 3.63) is 28.7 Å². The van der Waals surface area contributed by atoms with Crippen molar-refractivity contribution >= 4 is 31.9 Å². The number of hydrogen-bond acceptors (Lipinski definition) is 3. The molecule has 2 heterocycles. The van der Waals surface area contributed by atoms with Crippen LogP contribution in [0.25, 0.3) is 0 Å². The van der Waals surface area contributed by atoms with E-state index in [4.69, 9.17) is 0 Å². The first-order valence-corrected chi connectivity index (χ1v) is 10.3. The maximum atomic E-state index is 13.5. The number of halogens is 3. The molecule has 0 radical (unpaired) electrons. The maximum absolute atomic E-state index is 13.5. The van der Waals surface area contributed by atoms with Crippen LogP contribution in [0.4, 0.5) is 8.78 Å². The molecule has 0 bridgehead atoms. The number of nitrogens with zero attached hydrogens (tertiary/aromatic N) is 2. The van der Waals surface area contributed by atoms with Crippen LogP contribution < -0.4 is 0 Å². The minimum atomic E-state index is -3.70. The molecule has 2 saturated heterocycles. The fourth-order valence-electron chi connectivity index (χ4n) is 3.34. The molecule has 5 nitrogen and oxygen atoms in total. The van der Waals surface area contributed by atoms with Crippen LogP contribution >= 0.6 is 15.9 Å². The van der Waals surface area contributed by atoms with Gasteiger partial charge in [-0.05, 0) is 31.0 Å². The van der Waals surface area contributed by atoms with Gasteiger partial charge in [-0.1, -0.05) is 22.0 Å². The van der Waals surface area contributed by atoms with Gasteiger partial charge < -0.3 is 4.90 Å². The molecule has 1 aromatic carbocycles. The first-order valence-electron chi connectivity index (χ1n) is 8.11. The van der Waals surface area contributed by atoms with Crippen LogP contribution in [0, 0.1) is 5.92 Å². The topological polar surface area (TPSA) is 57.7 Å². The zero-order chi connectivity index (χ0) is 18.2. The normalized spacial score (nSPS) is 24.4. The minimum Gasteiger partial charge on any atom is -0.336 e. The van der Waals surface area contributed by atoms with E-state index in [0.29, 0.717) is 17.4 Å².